The third-order valence-corrected chi connectivity index (χ3v) is 5.75. The molecule has 1 aliphatic rings. The molecule has 3 aromatic rings. The summed E-state index contributed by atoms with van der Waals surface area (Å²) in [6.07, 6.45) is 3.85. The Kier molecular flexibility index (Phi) is 7.14. The lowest BCUT2D eigenvalue weighted by Gasteiger charge is -2.23. The van der Waals surface area contributed by atoms with E-state index in [1.165, 1.54) is 17.7 Å². The number of amides is 1. The maximum absolute atomic E-state index is 13.5. The molecule has 0 bridgehead atoms. The normalized spacial score (nSPS) is 14.1. The zero-order valence-corrected chi connectivity index (χ0v) is 18.2. The number of benzene rings is 2. The summed E-state index contributed by atoms with van der Waals surface area (Å²) in [5, 5.41) is 9.80. The molecule has 1 saturated heterocycles. The van der Waals surface area contributed by atoms with E-state index in [1.807, 2.05) is 12.1 Å². The van der Waals surface area contributed by atoms with Gasteiger partial charge >= 0.3 is 0 Å². The van der Waals surface area contributed by atoms with E-state index in [2.05, 4.69) is 33.1 Å². The van der Waals surface area contributed by atoms with Crippen molar-refractivity contribution in [3.63, 3.8) is 0 Å². The van der Waals surface area contributed by atoms with Gasteiger partial charge in [-0.2, -0.15) is 0 Å². The third-order valence-electron chi connectivity index (χ3n) is 5.75. The average Bonchev–Trinajstić information content (AvgIpc) is 2.79. The van der Waals surface area contributed by atoms with Gasteiger partial charge in [-0.25, -0.2) is 13.8 Å². The molecule has 5 N–H and O–H groups in total. The molecule has 8 heteroatoms. The molecule has 0 aliphatic carbocycles. The fourth-order valence-corrected chi connectivity index (χ4v) is 4.10. The van der Waals surface area contributed by atoms with Crippen LogP contribution in [0, 0.1) is 11.6 Å². The Hall–Kier alpha value is -3.52. The van der Waals surface area contributed by atoms with Crippen molar-refractivity contribution in [2.45, 2.75) is 31.7 Å². The second kappa shape index (κ2) is 10.4. The summed E-state index contributed by atoms with van der Waals surface area (Å²) in [5.74, 6) is -0.630. The molecular formula is C25H27F2N5O. The molecule has 1 aromatic heterocycles. The van der Waals surface area contributed by atoms with Crippen molar-refractivity contribution < 1.29 is 13.6 Å². The number of nitrogens with zero attached hydrogens (tertiary/aromatic N) is 1. The van der Waals surface area contributed by atoms with E-state index in [0.717, 1.165) is 37.7 Å². The summed E-state index contributed by atoms with van der Waals surface area (Å²) < 4.78 is 27.0. The van der Waals surface area contributed by atoms with Crippen molar-refractivity contribution in [1.29, 1.82) is 0 Å². The summed E-state index contributed by atoms with van der Waals surface area (Å²) in [5.41, 5.74) is 9.24. The Labute approximate surface area is 191 Å². The molecule has 2 heterocycles. The summed E-state index contributed by atoms with van der Waals surface area (Å²) in [6.45, 7) is 2.27. The quantitative estimate of drug-likeness (QED) is 0.412. The van der Waals surface area contributed by atoms with Gasteiger partial charge in [-0.3, -0.25) is 4.79 Å². The minimum absolute atomic E-state index is 0.00192. The number of anilines is 3. The average molecular weight is 452 g/mol. The number of hydrogen-bond acceptors (Lipinski definition) is 5. The minimum Gasteiger partial charge on any atom is -0.381 e. The largest absolute Gasteiger partial charge is 0.381 e. The van der Waals surface area contributed by atoms with Crippen LogP contribution in [-0.4, -0.2) is 24.0 Å². The number of piperidine rings is 1. The molecule has 6 nitrogen and oxygen atoms in total. The van der Waals surface area contributed by atoms with Crippen molar-refractivity contribution in [2.24, 2.45) is 5.73 Å². The number of carbonyl (C=O) groups excluding carboxylic acids is 1. The van der Waals surface area contributed by atoms with E-state index in [-0.39, 0.29) is 13.0 Å². The number of halogens is 2. The molecule has 1 fully saturated rings. The maximum Gasteiger partial charge on any atom is 0.221 e. The molecule has 0 atom stereocenters. The standard InChI is InChI=1S/C25H27F2N5O/c26-20-9-16(10-21(27)12-20)14-30-23-13-25(31-15-19(23)11-24(28)33)32-22-3-1-17(2-4-22)18-5-7-29-8-6-18/h1-4,9-10,12-13,15,18,29H,5-8,11,14H2,(H2,28,33)(H2,30,31,32). The van der Waals surface area contributed by atoms with E-state index in [4.69, 9.17) is 5.73 Å². The lowest BCUT2D eigenvalue weighted by molar-refractivity contribution is -0.117. The van der Waals surface area contributed by atoms with E-state index in [9.17, 15) is 13.6 Å². The zero-order valence-electron chi connectivity index (χ0n) is 18.2. The highest BCUT2D eigenvalue weighted by Crippen LogP contribution is 2.28. The number of hydrogen-bond donors (Lipinski definition) is 4. The molecule has 0 radical (unpaired) electrons. The van der Waals surface area contributed by atoms with Crippen molar-refractivity contribution in [3.05, 3.63) is 83.1 Å². The zero-order chi connectivity index (χ0) is 23.2. The first-order valence-corrected chi connectivity index (χ1v) is 11.0. The topological polar surface area (TPSA) is 92.1 Å². The Balaban J connectivity index is 1.49. The molecule has 0 saturated carbocycles. The Morgan fingerprint density at radius 1 is 1.06 bits per heavy atom. The van der Waals surface area contributed by atoms with Crippen LogP contribution in [0.15, 0.2) is 54.7 Å². The lowest BCUT2D eigenvalue weighted by atomic mass is 9.90. The van der Waals surface area contributed by atoms with Crippen molar-refractivity contribution in [3.8, 4) is 0 Å². The lowest BCUT2D eigenvalue weighted by Crippen LogP contribution is -2.26. The van der Waals surface area contributed by atoms with Gasteiger partial charge in [-0.05, 0) is 67.2 Å². The monoisotopic (exact) mass is 451 g/mol. The summed E-state index contributed by atoms with van der Waals surface area (Å²) in [7, 11) is 0. The van der Waals surface area contributed by atoms with Gasteiger partial charge in [-0.1, -0.05) is 12.1 Å². The Morgan fingerprint density at radius 3 is 2.42 bits per heavy atom. The summed E-state index contributed by atoms with van der Waals surface area (Å²) in [6, 6.07) is 13.4. The third kappa shape index (κ3) is 6.26. The summed E-state index contributed by atoms with van der Waals surface area (Å²) >= 11 is 0. The van der Waals surface area contributed by atoms with Gasteiger partial charge in [0.1, 0.15) is 17.5 Å². The van der Waals surface area contributed by atoms with Crippen LogP contribution >= 0.6 is 0 Å². The van der Waals surface area contributed by atoms with E-state index >= 15 is 0 Å². The SMILES string of the molecule is NC(=O)Cc1cnc(Nc2ccc(C3CCNCC3)cc2)cc1NCc1cc(F)cc(F)c1. The van der Waals surface area contributed by atoms with E-state index in [1.54, 1.807) is 12.3 Å². The van der Waals surface area contributed by atoms with Crippen molar-refractivity contribution in [1.82, 2.24) is 10.3 Å². The highest BCUT2D eigenvalue weighted by molar-refractivity contribution is 5.79. The molecule has 1 aliphatic heterocycles. The second-order valence-corrected chi connectivity index (χ2v) is 8.27. The highest BCUT2D eigenvalue weighted by Gasteiger charge is 2.15. The number of rotatable bonds is 8. The predicted octanol–water partition coefficient (Wildman–Crippen LogP) is 4.21. The smallest absolute Gasteiger partial charge is 0.221 e. The molecule has 172 valence electrons. The molecule has 33 heavy (non-hydrogen) atoms. The van der Waals surface area contributed by atoms with Gasteiger partial charge in [0, 0.05) is 41.8 Å². The first kappa shape index (κ1) is 22.7. The van der Waals surface area contributed by atoms with Crippen LogP contribution in [-0.2, 0) is 17.8 Å². The van der Waals surface area contributed by atoms with Gasteiger partial charge in [0.2, 0.25) is 5.91 Å². The molecule has 4 rings (SSSR count). The maximum atomic E-state index is 13.5. The molecule has 0 spiro atoms. The first-order chi connectivity index (χ1) is 16.0. The molecule has 1 amide bonds. The van der Waals surface area contributed by atoms with Gasteiger partial charge in [0.05, 0.1) is 6.42 Å². The van der Waals surface area contributed by atoms with Crippen LogP contribution in [0.2, 0.25) is 0 Å². The number of nitrogens with one attached hydrogen (secondary N) is 3. The van der Waals surface area contributed by atoms with Crippen LogP contribution < -0.4 is 21.7 Å². The fourth-order valence-electron chi connectivity index (χ4n) is 4.10. The van der Waals surface area contributed by atoms with Crippen LogP contribution in [0.3, 0.4) is 0 Å². The fraction of sp³-hybridized carbons (Fsp3) is 0.280. The highest BCUT2D eigenvalue weighted by atomic mass is 19.1. The predicted molar refractivity (Wildman–Crippen MR) is 125 cm³/mol. The van der Waals surface area contributed by atoms with Crippen molar-refractivity contribution >= 4 is 23.1 Å². The second-order valence-electron chi connectivity index (χ2n) is 8.27. The van der Waals surface area contributed by atoms with Gasteiger partial charge < -0.3 is 21.7 Å². The number of nitrogens with two attached hydrogens (primary N) is 1. The van der Waals surface area contributed by atoms with Crippen LogP contribution in [0.25, 0.3) is 0 Å². The Bertz CT molecular complexity index is 1090. The van der Waals surface area contributed by atoms with Crippen LogP contribution in [0.4, 0.5) is 26.0 Å². The number of carbonyl (C=O) groups is 1. The van der Waals surface area contributed by atoms with Crippen LogP contribution in [0.1, 0.15) is 35.4 Å². The summed E-state index contributed by atoms with van der Waals surface area (Å²) in [4.78, 5) is 15.9. The number of aromatic nitrogens is 1. The molecular weight excluding hydrogens is 424 g/mol. The Morgan fingerprint density at radius 2 is 1.76 bits per heavy atom. The van der Waals surface area contributed by atoms with Crippen molar-refractivity contribution in [2.75, 3.05) is 23.7 Å². The first-order valence-electron chi connectivity index (χ1n) is 11.0. The minimum atomic E-state index is -0.644. The molecule has 2 aromatic carbocycles. The molecule has 0 unspecified atom stereocenters. The number of pyridine rings is 1. The van der Waals surface area contributed by atoms with E-state index < -0.39 is 17.5 Å². The van der Waals surface area contributed by atoms with Gasteiger partial charge in [0.15, 0.2) is 0 Å². The van der Waals surface area contributed by atoms with E-state index in [0.29, 0.717) is 28.6 Å². The van der Waals surface area contributed by atoms with Gasteiger partial charge in [0.25, 0.3) is 0 Å². The van der Waals surface area contributed by atoms with Crippen LogP contribution in [0.5, 0.6) is 0 Å². The van der Waals surface area contributed by atoms with Gasteiger partial charge in [-0.15, -0.1) is 0 Å². The number of primary amides is 1.